The van der Waals surface area contributed by atoms with E-state index in [1.54, 1.807) is 24.3 Å². The van der Waals surface area contributed by atoms with Gasteiger partial charge in [-0.15, -0.1) is 0 Å². The number of halogens is 1. The fourth-order valence-electron chi connectivity index (χ4n) is 4.01. The molecule has 1 atom stereocenters. The van der Waals surface area contributed by atoms with Gasteiger partial charge in [0.1, 0.15) is 29.9 Å². The molecule has 0 aliphatic heterocycles. The molecule has 0 saturated heterocycles. The highest BCUT2D eigenvalue weighted by atomic mass is 32.2. The molecule has 9 nitrogen and oxygen atoms in total. The van der Waals surface area contributed by atoms with Crippen molar-refractivity contribution >= 4 is 27.5 Å². The number of ether oxygens (including phenoxy) is 2. The summed E-state index contributed by atoms with van der Waals surface area (Å²) in [5.41, 5.74) is 0.316. The van der Waals surface area contributed by atoms with E-state index in [0.717, 1.165) is 4.31 Å². The quantitative estimate of drug-likeness (QED) is 0.333. The highest BCUT2D eigenvalue weighted by Crippen LogP contribution is 2.33. The van der Waals surface area contributed by atoms with E-state index in [9.17, 15) is 22.4 Å². The van der Waals surface area contributed by atoms with Crippen LogP contribution in [-0.2, 0) is 26.2 Å². The van der Waals surface area contributed by atoms with Gasteiger partial charge in [0.25, 0.3) is 10.0 Å². The fourth-order valence-corrected chi connectivity index (χ4v) is 5.44. The van der Waals surface area contributed by atoms with Gasteiger partial charge in [-0.1, -0.05) is 37.3 Å². The minimum absolute atomic E-state index is 0.0820. The van der Waals surface area contributed by atoms with Gasteiger partial charge >= 0.3 is 0 Å². The Hall–Kier alpha value is -4.12. The molecule has 0 bridgehead atoms. The SMILES string of the molecule is CCCNC(=O)[C@@H](C)N(Cc1ccccc1F)C(=O)CN(c1ccccc1OC)S(=O)(=O)c1ccc(OC)cc1. The van der Waals surface area contributed by atoms with Crippen molar-refractivity contribution in [3.05, 3.63) is 84.2 Å². The van der Waals surface area contributed by atoms with Crippen LogP contribution in [0.25, 0.3) is 0 Å². The first-order valence-corrected chi connectivity index (χ1v) is 14.2. The van der Waals surface area contributed by atoms with Gasteiger partial charge in [0, 0.05) is 18.7 Å². The standard InChI is InChI=1S/C29H34FN3O6S/c1-5-18-31-29(35)21(2)32(19-22-10-6-7-11-25(22)30)28(34)20-33(26-12-8-9-13-27(26)39-4)40(36,37)24-16-14-23(38-3)15-17-24/h6-17,21H,5,18-20H2,1-4H3,(H,31,35)/t21-/m1/s1. The number of nitrogens with one attached hydrogen (secondary N) is 1. The number of methoxy groups -OCH3 is 2. The normalized spacial score (nSPS) is 11.8. The van der Waals surface area contributed by atoms with E-state index in [0.29, 0.717) is 18.7 Å². The van der Waals surface area contributed by atoms with Gasteiger partial charge in [-0.2, -0.15) is 0 Å². The summed E-state index contributed by atoms with van der Waals surface area (Å²) in [6.45, 7) is 2.89. The molecule has 0 radical (unpaired) electrons. The number of amides is 2. The van der Waals surface area contributed by atoms with E-state index >= 15 is 0 Å². The molecular formula is C29H34FN3O6S. The molecule has 0 aliphatic carbocycles. The van der Waals surface area contributed by atoms with Crippen molar-refractivity contribution in [1.82, 2.24) is 10.2 Å². The Morgan fingerprint density at radius 3 is 2.23 bits per heavy atom. The second kappa shape index (κ2) is 13.8. The molecule has 1 N–H and O–H groups in total. The Morgan fingerprint density at radius 1 is 0.950 bits per heavy atom. The molecule has 0 aromatic heterocycles. The molecule has 40 heavy (non-hydrogen) atoms. The Bertz CT molecular complexity index is 1420. The number of para-hydroxylation sites is 2. The van der Waals surface area contributed by atoms with Crippen molar-refractivity contribution in [1.29, 1.82) is 0 Å². The van der Waals surface area contributed by atoms with Gasteiger partial charge in [0.15, 0.2) is 0 Å². The summed E-state index contributed by atoms with van der Waals surface area (Å²) in [6.07, 6.45) is 0.682. The Morgan fingerprint density at radius 2 is 1.60 bits per heavy atom. The summed E-state index contributed by atoms with van der Waals surface area (Å²) in [5.74, 6) is -1.00. The zero-order chi connectivity index (χ0) is 29.3. The smallest absolute Gasteiger partial charge is 0.264 e. The lowest BCUT2D eigenvalue weighted by Gasteiger charge is -2.32. The van der Waals surface area contributed by atoms with Crippen molar-refractivity contribution < 1.29 is 31.9 Å². The minimum Gasteiger partial charge on any atom is -0.497 e. The molecule has 0 unspecified atom stereocenters. The maximum absolute atomic E-state index is 14.6. The zero-order valence-electron chi connectivity index (χ0n) is 23.0. The minimum atomic E-state index is -4.31. The van der Waals surface area contributed by atoms with Gasteiger partial charge in [-0.3, -0.25) is 13.9 Å². The van der Waals surface area contributed by atoms with Crippen LogP contribution in [0.15, 0.2) is 77.7 Å². The highest BCUT2D eigenvalue weighted by Gasteiger charge is 2.34. The van der Waals surface area contributed by atoms with Crippen LogP contribution in [0.4, 0.5) is 10.1 Å². The molecule has 0 aliphatic rings. The summed E-state index contributed by atoms with van der Waals surface area (Å²) in [6, 6.07) is 17.0. The number of carbonyl (C=O) groups excluding carboxylic acids is 2. The number of hydrogen-bond acceptors (Lipinski definition) is 6. The van der Waals surface area contributed by atoms with Crippen LogP contribution in [0.5, 0.6) is 11.5 Å². The molecule has 2 amide bonds. The topological polar surface area (TPSA) is 105 Å². The summed E-state index contributed by atoms with van der Waals surface area (Å²) in [7, 11) is -1.45. The van der Waals surface area contributed by atoms with Crippen LogP contribution >= 0.6 is 0 Å². The van der Waals surface area contributed by atoms with E-state index in [2.05, 4.69) is 5.32 Å². The number of hydrogen-bond donors (Lipinski definition) is 1. The lowest BCUT2D eigenvalue weighted by atomic mass is 10.1. The highest BCUT2D eigenvalue weighted by molar-refractivity contribution is 7.92. The third kappa shape index (κ3) is 7.09. The summed E-state index contributed by atoms with van der Waals surface area (Å²) >= 11 is 0. The van der Waals surface area contributed by atoms with Gasteiger partial charge in [-0.05, 0) is 55.8 Å². The van der Waals surface area contributed by atoms with Crippen molar-refractivity contribution in [2.24, 2.45) is 0 Å². The van der Waals surface area contributed by atoms with Crippen LogP contribution in [-0.4, -0.2) is 58.5 Å². The predicted molar refractivity (Wildman–Crippen MR) is 150 cm³/mol. The molecular weight excluding hydrogens is 537 g/mol. The number of carbonyl (C=O) groups is 2. The Labute approximate surface area is 234 Å². The molecule has 0 fully saturated rings. The van der Waals surface area contributed by atoms with E-state index in [4.69, 9.17) is 9.47 Å². The van der Waals surface area contributed by atoms with Crippen LogP contribution in [0.1, 0.15) is 25.8 Å². The van der Waals surface area contributed by atoms with Crippen LogP contribution < -0.4 is 19.1 Å². The number of nitrogens with zero attached hydrogens (tertiary/aromatic N) is 2. The first-order chi connectivity index (χ1) is 19.1. The van der Waals surface area contributed by atoms with Gasteiger partial charge in [0.05, 0.1) is 24.8 Å². The van der Waals surface area contributed by atoms with Gasteiger partial charge < -0.3 is 19.7 Å². The second-order valence-electron chi connectivity index (χ2n) is 8.94. The monoisotopic (exact) mass is 571 g/mol. The average molecular weight is 572 g/mol. The molecule has 0 saturated carbocycles. The average Bonchev–Trinajstić information content (AvgIpc) is 2.97. The van der Waals surface area contributed by atoms with E-state index in [-0.39, 0.29) is 28.4 Å². The summed E-state index contributed by atoms with van der Waals surface area (Å²) < 4.78 is 54.0. The molecule has 0 spiro atoms. The first-order valence-electron chi connectivity index (χ1n) is 12.7. The zero-order valence-corrected chi connectivity index (χ0v) is 23.8. The molecule has 214 valence electrons. The third-order valence-corrected chi connectivity index (χ3v) is 8.07. The number of benzene rings is 3. The molecule has 3 aromatic carbocycles. The first kappa shape index (κ1) is 30.4. The molecule has 3 aromatic rings. The van der Waals surface area contributed by atoms with E-state index in [1.165, 1.54) is 74.6 Å². The van der Waals surface area contributed by atoms with E-state index in [1.807, 2.05) is 6.92 Å². The third-order valence-electron chi connectivity index (χ3n) is 6.30. The number of rotatable bonds is 13. The fraction of sp³-hybridized carbons (Fsp3) is 0.310. The Balaban J connectivity index is 2.07. The predicted octanol–water partition coefficient (Wildman–Crippen LogP) is 3.98. The van der Waals surface area contributed by atoms with Gasteiger partial charge in [0.2, 0.25) is 11.8 Å². The summed E-state index contributed by atoms with van der Waals surface area (Å²) in [4.78, 5) is 27.9. The molecule has 3 rings (SSSR count). The van der Waals surface area contributed by atoms with Crippen LogP contribution in [0.2, 0.25) is 0 Å². The van der Waals surface area contributed by atoms with E-state index < -0.39 is 40.2 Å². The number of anilines is 1. The maximum atomic E-state index is 14.6. The van der Waals surface area contributed by atoms with Crippen molar-refractivity contribution in [3.8, 4) is 11.5 Å². The Kier molecular flexibility index (Phi) is 10.5. The lowest BCUT2D eigenvalue weighted by Crippen LogP contribution is -2.51. The van der Waals surface area contributed by atoms with Crippen LogP contribution in [0.3, 0.4) is 0 Å². The summed E-state index contributed by atoms with van der Waals surface area (Å²) in [5, 5.41) is 2.75. The largest absolute Gasteiger partial charge is 0.497 e. The maximum Gasteiger partial charge on any atom is 0.264 e. The lowest BCUT2D eigenvalue weighted by molar-refractivity contribution is -0.139. The molecule has 11 heteroatoms. The number of sulfonamides is 1. The van der Waals surface area contributed by atoms with Crippen molar-refractivity contribution in [3.63, 3.8) is 0 Å². The van der Waals surface area contributed by atoms with Crippen molar-refractivity contribution in [2.45, 2.75) is 37.8 Å². The second-order valence-corrected chi connectivity index (χ2v) is 10.8. The molecule has 0 heterocycles. The van der Waals surface area contributed by atoms with Gasteiger partial charge in [-0.25, -0.2) is 12.8 Å². The van der Waals surface area contributed by atoms with Crippen molar-refractivity contribution in [2.75, 3.05) is 31.6 Å². The van der Waals surface area contributed by atoms with Crippen LogP contribution in [0, 0.1) is 5.82 Å².